The van der Waals surface area contributed by atoms with E-state index in [1.165, 1.54) is 65.6 Å². The molecule has 4 rings (SSSR count). The number of allylic oxidation sites excluding steroid dienone is 1. The molecule has 0 unspecified atom stereocenters. The van der Waals surface area contributed by atoms with Gasteiger partial charge in [0.2, 0.25) is 0 Å². The molecule has 0 radical (unpaired) electrons. The molecule has 0 spiro atoms. The Morgan fingerprint density at radius 1 is 1.00 bits per heavy atom. The maximum absolute atomic E-state index is 12.5. The Kier molecular flexibility index (Phi) is 8.16. The highest BCUT2D eigenvalue weighted by molar-refractivity contribution is 7.48. The molecule has 8 atom stereocenters. The molecule has 0 aromatic carbocycles. The van der Waals surface area contributed by atoms with Gasteiger partial charge in [-0.05, 0) is 97.7 Å². The minimum Gasteiger partial charge on any atom is -0.290 e. The Morgan fingerprint density at radius 2 is 1.74 bits per heavy atom. The quantitative estimate of drug-likeness (QED) is 0.237. The van der Waals surface area contributed by atoms with E-state index in [0.717, 1.165) is 54.8 Å². The molecule has 5 heteroatoms. The van der Waals surface area contributed by atoms with Crippen molar-refractivity contribution in [1.29, 1.82) is 0 Å². The molecular formula is C29H51O4P. The van der Waals surface area contributed by atoms with E-state index >= 15 is 0 Å². The minimum absolute atomic E-state index is 0.0713. The van der Waals surface area contributed by atoms with Crippen molar-refractivity contribution in [2.24, 2.45) is 46.3 Å². The van der Waals surface area contributed by atoms with Gasteiger partial charge < -0.3 is 0 Å². The fourth-order valence-corrected chi connectivity index (χ4v) is 9.95. The van der Waals surface area contributed by atoms with E-state index < -0.39 is 7.82 Å². The van der Waals surface area contributed by atoms with Gasteiger partial charge in [0.1, 0.15) is 0 Å². The highest BCUT2D eigenvalue weighted by Gasteiger charge is 2.59. The van der Waals surface area contributed by atoms with Gasteiger partial charge in [-0.25, -0.2) is 4.57 Å². The van der Waals surface area contributed by atoms with Crippen LogP contribution in [0.15, 0.2) is 11.6 Å². The third-order valence-electron chi connectivity index (χ3n) is 11.0. The number of hydrogen-bond donors (Lipinski definition) is 0. The number of rotatable bonds is 9. The zero-order valence-corrected chi connectivity index (χ0v) is 23.9. The molecule has 0 aliphatic heterocycles. The summed E-state index contributed by atoms with van der Waals surface area (Å²) in [6.07, 6.45) is 16.5. The van der Waals surface area contributed by atoms with Gasteiger partial charge in [0.05, 0.1) is 6.10 Å². The van der Waals surface area contributed by atoms with Gasteiger partial charge in [-0.2, -0.15) is 0 Å². The van der Waals surface area contributed by atoms with Crippen molar-refractivity contribution in [2.45, 2.75) is 111 Å². The second-order valence-electron chi connectivity index (χ2n) is 13.1. The van der Waals surface area contributed by atoms with Gasteiger partial charge in [0, 0.05) is 14.2 Å². The Hall–Kier alpha value is -0.150. The molecule has 34 heavy (non-hydrogen) atoms. The van der Waals surface area contributed by atoms with Crippen LogP contribution in [0.25, 0.3) is 0 Å². The molecule has 4 aliphatic carbocycles. The second-order valence-corrected chi connectivity index (χ2v) is 14.9. The van der Waals surface area contributed by atoms with Gasteiger partial charge in [-0.15, -0.1) is 0 Å². The van der Waals surface area contributed by atoms with Crippen LogP contribution in [0.5, 0.6) is 0 Å². The lowest BCUT2D eigenvalue weighted by molar-refractivity contribution is -0.0574. The fraction of sp³-hybridized carbons (Fsp3) is 0.931. The molecule has 0 amide bonds. The summed E-state index contributed by atoms with van der Waals surface area (Å²) < 4.78 is 28.5. The monoisotopic (exact) mass is 494 g/mol. The summed E-state index contributed by atoms with van der Waals surface area (Å²) in [5.74, 6) is 5.11. The van der Waals surface area contributed by atoms with Crippen LogP contribution in [-0.2, 0) is 18.1 Å². The van der Waals surface area contributed by atoms with Crippen LogP contribution in [0, 0.1) is 46.3 Å². The van der Waals surface area contributed by atoms with Crippen molar-refractivity contribution in [2.75, 3.05) is 14.2 Å². The average molecular weight is 495 g/mol. The van der Waals surface area contributed by atoms with Crippen molar-refractivity contribution in [3.8, 4) is 0 Å². The smallest absolute Gasteiger partial charge is 0.290 e. The predicted octanol–water partition coefficient (Wildman–Crippen LogP) is 8.81. The van der Waals surface area contributed by atoms with Crippen molar-refractivity contribution >= 4 is 7.82 Å². The molecule has 0 bridgehead atoms. The molecule has 0 heterocycles. The van der Waals surface area contributed by atoms with E-state index in [1.807, 2.05) is 0 Å². The van der Waals surface area contributed by atoms with Crippen LogP contribution in [0.2, 0.25) is 0 Å². The van der Waals surface area contributed by atoms with E-state index in [9.17, 15) is 4.57 Å². The molecule has 3 fully saturated rings. The summed E-state index contributed by atoms with van der Waals surface area (Å²) >= 11 is 0. The van der Waals surface area contributed by atoms with Gasteiger partial charge >= 0.3 is 7.82 Å². The highest BCUT2D eigenvalue weighted by Crippen LogP contribution is 2.67. The number of phosphoric acid groups is 1. The van der Waals surface area contributed by atoms with Gasteiger partial charge in [0.25, 0.3) is 0 Å². The Balaban J connectivity index is 1.45. The second kappa shape index (κ2) is 10.3. The average Bonchev–Trinajstić information content (AvgIpc) is 3.16. The number of fused-ring (bicyclic) bond motifs is 5. The summed E-state index contributed by atoms with van der Waals surface area (Å²) in [6, 6.07) is 0. The molecule has 3 saturated carbocycles. The summed E-state index contributed by atoms with van der Waals surface area (Å²) in [4.78, 5) is 0. The number of phosphoric ester groups is 1. The van der Waals surface area contributed by atoms with Crippen molar-refractivity contribution in [3.63, 3.8) is 0 Å². The van der Waals surface area contributed by atoms with Crippen molar-refractivity contribution in [1.82, 2.24) is 0 Å². The first kappa shape index (κ1) is 26.9. The lowest BCUT2D eigenvalue weighted by atomic mass is 9.47. The van der Waals surface area contributed by atoms with Crippen molar-refractivity contribution < 1.29 is 18.1 Å². The molecule has 0 aromatic heterocycles. The summed E-state index contributed by atoms with van der Waals surface area (Å²) in [5.41, 5.74) is 2.35. The molecule has 0 N–H and O–H groups in total. The van der Waals surface area contributed by atoms with Crippen LogP contribution in [0.1, 0.15) is 105 Å². The van der Waals surface area contributed by atoms with E-state index in [2.05, 4.69) is 40.7 Å². The van der Waals surface area contributed by atoms with Crippen LogP contribution in [-0.4, -0.2) is 20.3 Å². The molecule has 4 aliphatic rings. The van der Waals surface area contributed by atoms with Crippen molar-refractivity contribution in [3.05, 3.63) is 11.6 Å². The summed E-state index contributed by atoms with van der Waals surface area (Å²) in [7, 11) is -0.622. The molecular weight excluding hydrogens is 443 g/mol. The topological polar surface area (TPSA) is 44.8 Å². The van der Waals surface area contributed by atoms with E-state index in [-0.39, 0.29) is 11.5 Å². The first-order valence-electron chi connectivity index (χ1n) is 14.2. The molecule has 4 nitrogen and oxygen atoms in total. The van der Waals surface area contributed by atoms with Gasteiger partial charge in [0.15, 0.2) is 0 Å². The predicted molar refractivity (Wildman–Crippen MR) is 140 cm³/mol. The minimum atomic E-state index is -3.43. The van der Waals surface area contributed by atoms with E-state index in [4.69, 9.17) is 13.6 Å². The number of hydrogen-bond acceptors (Lipinski definition) is 4. The molecule has 0 aromatic rings. The molecule has 196 valence electrons. The lowest BCUT2D eigenvalue weighted by Crippen LogP contribution is -2.51. The normalized spacial score (nSPS) is 40.9. The summed E-state index contributed by atoms with van der Waals surface area (Å²) in [6.45, 7) is 12.5. The van der Waals surface area contributed by atoms with Crippen LogP contribution in [0.3, 0.4) is 0 Å². The zero-order valence-electron chi connectivity index (χ0n) is 23.0. The fourth-order valence-electron chi connectivity index (χ4n) is 9.09. The highest BCUT2D eigenvalue weighted by atomic mass is 31.2. The lowest BCUT2D eigenvalue weighted by Gasteiger charge is -2.58. The Labute approximate surface area is 209 Å². The maximum Gasteiger partial charge on any atom is 0.474 e. The van der Waals surface area contributed by atoms with Gasteiger partial charge in [-0.1, -0.05) is 65.5 Å². The summed E-state index contributed by atoms with van der Waals surface area (Å²) in [5, 5.41) is 0. The van der Waals surface area contributed by atoms with Crippen LogP contribution >= 0.6 is 7.82 Å². The Bertz CT molecular complexity index is 785. The zero-order chi connectivity index (χ0) is 24.7. The van der Waals surface area contributed by atoms with E-state index in [1.54, 1.807) is 5.57 Å². The van der Waals surface area contributed by atoms with E-state index in [0.29, 0.717) is 5.41 Å². The van der Waals surface area contributed by atoms with Crippen LogP contribution in [0.4, 0.5) is 0 Å². The standard InChI is InChI=1S/C29H51O4P/c1-20(2)9-8-10-21(3)25-13-14-26-24-12-11-22-19-23(33-34(30,31-6)32-7)15-17-28(22,4)27(24)16-18-29(25,26)5/h11,20-21,23-27H,8-10,12-19H2,1-7H3/t21-,23-,24+,25-,26+,27+,28+,29-/m1/s1. The largest absolute Gasteiger partial charge is 0.474 e. The van der Waals surface area contributed by atoms with Gasteiger partial charge in [-0.3, -0.25) is 13.6 Å². The Morgan fingerprint density at radius 3 is 2.41 bits per heavy atom. The SMILES string of the molecule is COP(=O)(OC)O[C@@H]1CC[C@@]2(C)C(=CC[C@H]3[C@@H]4CC[C@H]([C@H](C)CCCC(C)C)[C@@]4(C)CC[C@@H]32)C1. The first-order valence-corrected chi connectivity index (χ1v) is 15.6. The maximum atomic E-state index is 12.5. The third-order valence-corrected chi connectivity index (χ3v) is 12.4. The molecule has 0 saturated heterocycles. The van der Waals surface area contributed by atoms with Crippen LogP contribution < -0.4 is 0 Å². The third kappa shape index (κ3) is 4.88. The first-order chi connectivity index (χ1) is 16.1.